The zero-order chi connectivity index (χ0) is 28.6. The fourth-order valence-corrected chi connectivity index (χ4v) is 4.69. The summed E-state index contributed by atoms with van der Waals surface area (Å²) in [5, 5.41) is 5.91. The van der Waals surface area contributed by atoms with Crippen LogP contribution in [0, 0.1) is 6.92 Å². The fraction of sp³-hybridized carbons (Fsp3) is 0.172. The van der Waals surface area contributed by atoms with Crippen molar-refractivity contribution in [2.45, 2.75) is 19.6 Å². The number of aromatic nitrogens is 4. The van der Waals surface area contributed by atoms with Gasteiger partial charge >= 0.3 is 6.18 Å². The molecule has 0 unspecified atom stereocenters. The van der Waals surface area contributed by atoms with E-state index in [2.05, 4.69) is 25.6 Å². The molecule has 2 aliphatic heterocycles. The number of amidine groups is 1. The summed E-state index contributed by atoms with van der Waals surface area (Å²) in [5.74, 6) is 1.24. The number of anilines is 3. The molecule has 0 spiro atoms. The highest BCUT2D eigenvalue weighted by atomic mass is 19.4. The predicted molar refractivity (Wildman–Crippen MR) is 149 cm³/mol. The van der Waals surface area contributed by atoms with Crippen LogP contribution in [0.25, 0.3) is 11.6 Å². The Balaban J connectivity index is 1.28. The van der Waals surface area contributed by atoms with Gasteiger partial charge < -0.3 is 15.5 Å². The largest absolute Gasteiger partial charge is 0.416 e. The molecule has 0 saturated carbocycles. The van der Waals surface area contributed by atoms with E-state index in [9.17, 15) is 18.0 Å². The van der Waals surface area contributed by atoms with Gasteiger partial charge in [-0.1, -0.05) is 12.1 Å². The molecule has 0 atom stereocenters. The molecule has 3 aromatic heterocycles. The minimum atomic E-state index is -4.58. The van der Waals surface area contributed by atoms with E-state index < -0.39 is 17.6 Å². The highest BCUT2D eigenvalue weighted by molar-refractivity contribution is 6.36. The molecule has 12 heteroatoms. The van der Waals surface area contributed by atoms with E-state index >= 15 is 0 Å². The summed E-state index contributed by atoms with van der Waals surface area (Å²) in [6.07, 6.45) is 3.60. The number of aliphatic imine (C=N–C) groups is 1. The van der Waals surface area contributed by atoms with Gasteiger partial charge in [-0.3, -0.25) is 19.8 Å². The summed E-state index contributed by atoms with van der Waals surface area (Å²) in [6.45, 7) is 3.70. The van der Waals surface area contributed by atoms with Crippen LogP contribution in [0.4, 0.5) is 30.6 Å². The number of hydrogen-bond donors (Lipinski definition) is 2. The monoisotopic (exact) mass is 556 g/mol. The summed E-state index contributed by atoms with van der Waals surface area (Å²) in [5.41, 5.74) is 3.54. The van der Waals surface area contributed by atoms with Gasteiger partial charge in [0.05, 0.1) is 12.1 Å². The molecule has 206 valence electrons. The molecule has 0 fully saturated rings. The minimum absolute atomic E-state index is 0.329. The molecule has 2 N–H and O–H groups in total. The number of amides is 1. The van der Waals surface area contributed by atoms with Crippen molar-refractivity contribution in [2.75, 3.05) is 28.6 Å². The van der Waals surface area contributed by atoms with Crippen molar-refractivity contribution < 1.29 is 18.0 Å². The van der Waals surface area contributed by atoms with E-state index in [4.69, 9.17) is 9.98 Å². The lowest BCUT2D eigenvalue weighted by Gasteiger charge is -2.28. The third-order valence-corrected chi connectivity index (χ3v) is 6.71. The van der Waals surface area contributed by atoms with E-state index in [0.717, 1.165) is 57.8 Å². The summed E-state index contributed by atoms with van der Waals surface area (Å²) in [7, 11) is 0. The molecule has 6 rings (SSSR count). The number of nitrogens with zero attached hydrogens (tertiary/aromatic N) is 6. The standard InChI is InChI=1S/C29H23F3N8O/c1-17-4-5-21(38-27(41)24-12-20(6-8-34-24)29(30,31)32)13-22(17)23-11-19-16-37-28(36-15-18-3-2-7-33-14-18)39-25(19)40-10-9-35-26(23)40/h2-8,11-14,16H,9-10,15H2,1H3,(H,38,41)(H,36,37,39). The second-order valence-corrected chi connectivity index (χ2v) is 9.51. The lowest BCUT2D eigenvalue weighted by molar-refractivity contribution is -0.137. The number of rotatable bonds is 6. The van der Waals surface area contributed by atoms with Gasteiger partial charge in [-0.05, 0) is 60.0 Å². The van der Waals surface area contributed by atoms with Crippen LogP contribution in [0.5, 0.6) is 0 Å². The first-order valence-corrected chi connectivity index (χ1v) is 12.8. The Kier molecular flexibility index (Phi) is 6.66. The van der Waals surface area contributed by atoms with E-state index in [-0.39, 0.29) is 5.69 Å². The first kappa shape index (κ1) is 26.1. The van der Waals surface area contributed by atoms with Gasteiger partial charge in [0.2, 0.25) is 5.95 Å². The number of carbonyl (C=O) groups excluding carboxylic acids is 1. The third-order valence-electron chi connectivity index (χ3n) is 6.71. The van der Waals surface area contributed by atoms with Crippen molar-refractivity contribution in [1.82, 2.24) is 19.9 Å². The van der Waals surface area contributed by atoms with Gasteiger partial charge in [0.15, 0.2) is 0 Å². The predicted octanol–water partition coefficient (Wildman–Crippen LogP) is 5.23. The molecule has 5 heterocycles. The fourth-order valence-electron chi connectivity index (χ4n) is 4.69. The highest BCUT2D eigenvalue weighted by Gasteiger charge is 2.32. The molecule has 0 bridgehead atoms. The summed E-state index contributed by atoms with van der Waals surface area (Å²) >= 11 is 0. The minimum Gasteiger partial charge on any atom is -0.350 e. The Morgan fingerprint density at radius 3 is 2.76 bits per heavy atom. The van der Waals surface area contributed by atoms with E-state index in [0.29, 0.717) is 31.3 Å². The van der Waals surface area contributed by atoms with Crippen LogP contribution in [0.15, 0.2) is 72.2 Å². The van der Waals surface area contributed by atoms with E-state index in [1.807, 2.05) is 36.1 Å². The van der Waals surface area contributed by atoms with Crippen molar-refractivity contribution in [3.05, 3.63) is 101 Å². The highest BCUT2D eigenvalue weighted by Crippen LogP contribution is 2.37. The number of alkyl halides is 3. The van der Waals surface area contributed by atoms with E-state index in [1.165, 1.54) is 0 Å². The average molecular weight is 557 g/mol. The smallest absolute Gasteiger partial charge is 0.350 e. The Bertz CT molecular complexity index is 1700. The zero-order valence-electron chi connectivity index (χ0n) is 21.8. The lowest BCUT2D eigenvalue weighted by Crippen LogP contribution is -2.32. The van der Waals surface area contributed by atoms with E-state index in [1.54, 1.807) is 30.7 Å². The first-order chi connectivity index (χ1) is 19.8. The molecule has 2 aliphatic rings. The van der Waals surface area contributed by atoms with Gasteiger partial charge in [-0.25, -0.2) is 4.98 Å². The van der Waals surface area contributed by atoms with Crippen LogP contribution in [-0.4, -0.2) is 44.8 Å². The number of fused-ring (bicyclic) bond motifs is 3. The topological polar surface area (TPSA) is 108 Å². The number of benzene rings is 1. The molecule has 0 saturated heterocycles. The van der Waals surface area contributed by atoms with Gasteiger partial charge in [-0.15, -0.1) is 0 Å². The van der Waals surface area contributed by atoms with Crippen LogP contribution in [0.3, 0.4) is 0 Å². The molecule has 4 aromatic rings. The number of aryl methyl sites for hydroxylation is 1. The number of carbonyl (C=O) groups is 1. The van der Waals surface area contributed by atoms with Crippen molar-refractivity contribution in [1.29, 1.82) is 0 Å². The molecule has 1 aromatic carbocycles. The van der Waals surface area contributed by atoms with Crippen molar-refractivity contribution in [2.24, 2.45) is 4.99 Å². The summed E-state index contributed by atoms with van der Waals surface area (Å²) < 4.78 is 39.3. The number of hydrogen-bond acceptors (Lipinski definition) is 8. The van der Waals surface area contributed by atoms with Crippen molar-refractivity contribution >= 4 is 40.8 Å². The van der Waals surface area contributed by atoms with Gasteiger partial charge in [0, 0.05) is 54.7 Å². The molecule has 41 heavy (non-hydrogen) atoms. The molecule has 1 amide bonds. The maximum Gasteiger partial charge on any atom is 0.416 e. The maximum atomic E-state index is 13.1. The first-order valence-electron chi connectivity index (χ1n) is 12.8. The molecule has 0 aliphatic carbocycles. The van der Waals surface area contributed by atoms with Crippen molar-refractivity contribution in [3.8, 4) is 0 Å². The number of pyridine rings is 2. The Labute approximate surface area is 232 Å². The Morgan fingerprint density at radius 1 is 1.07 bits per heavy atom. The normalized spacial score (nSPS) is 14.1. The molecular weight excluding hydrogens is 533 g/mol. The lowest BCUT2D eigenvalue weighted by atomic mass is 9.94. The summed E-state index contributed by atoms with van der Waals surface area (Å²) in [4.78, 5) is 36.7. The van der Waals surface area contributed by atoms with Crippen LogP contribution >= 0.6 is 0 Å². The van der Waals surface area contributed by atoms with Gasteiger partial charge in [-0.2, -0.15) is 18.2 Å². The average Bonchev–Trinajstić information content (AvgIpc) is 3.47. The number of halogens is 3. The van der Waals surface area contributed by atoms with Crippen LogP contribution < -0.4 is 15.5 Å². The van der Waals surface area contributed by atoms with Gasteiger partial charge in [0.25, 0.3) is 5.91 Å². The molecule has 9 nitrogen and oxygen atoms in total. The second-order valence-electron chi connectivity index (χ2n) is 9.51. The zero-order valence-corrected chi connectivity index (χ0v) is 21.8. The Hall–Kier alpha value is -5.13. The van der Waals surface area contributed by atoms with Crippen molar-refractivity contribution in [3.63, 3.8) is 0 Å². The maximum absolute atomic E-state index is 13.1. The van der Waals surface area contributed by atoms with Crippen LogP contribution in [-0.2, 0) is 12.7 Å². The summed E-state index contributed by atoms with van der Waals surface area (Å²) in [6, 6.07) is 10.7. The molecule has 0 radical (unpaired) electrons. The number of nitrogens with one attached hydrogen (secondary N) is 2. The SMILES string of the molecule is Cc1ccc(NC(=O)c2cc(C(F)(F)F)ccn2)cc1C1=Cc2cnc(NCc3cccnc3)nc2N2CCN=C12. The van der Waals surface area contributed by atoms with Crippen LogP contribution in [0.2, 0.25) is 0 Å². The Morgan fingerprint density at radius 2 is 1.95 bits per heavy atom. The second kappa shape index (κ2) is 10.5. The van der Waals surface area contributed by atoms with Crippen LogP contribution in [0.1, 0.15) is 38.3 Å². The molecular formula is C29H23F3N8O. The third kappa shape index (κ3) is 5.36. The van der Waals surface area contributed by atoms with Gasteiger partial charge in [0.1, 0.15) is 17.3 Å². The quantitative estimate of drug-likeness (QED) is 0.335.